The minimum atomic E-state index is -0.157. The minimum Gasteiger partial charge on any atom is -0.347 e. The molecule has 0 saturated carbocycles. The number of halogens is 1. The summed E-state index contributed by atoms with van der Waals surface area (Å²) in [6, 6.07) is 8.14. The molecular formula is C13H14BrN3OS. The van der Waals surface area contributed by atoms with Crippen molar-refractivity contribution in [2.24, 2.45) is 0 Å². The zero-order chi connectivity index (χ0) is 13.8. The highest BCUT2D eigenvalue weighted by Crippen LogP contribution is 2.12. The molecule has 1 aromatic heterocycles. The van der Waals surface area contributed by atoms with Crippen LogP contribution in [0.1, 0.15) is 27.3 Å². The summed E-state index contributed by atoms with van der Waals surface area (Å²) in [6.07, 6.45) is 0.788. The van der Waals surface area contributed by atoms with Crippen LogP contribution in [0.3, 0.4) is 0 Å². The van der Waals surface area contributed by atoms with Crippen molar-refractivity contribution < 1.29 is 4.79 Å². The van der Waals surface area contributed by atoms with Crippen molar-refractivity contribution >= 4 is 33.2 Å². The third kappa shape index (κ3) is 4.11. The number of benzene rings is 1. The van der Waals surface area contributed by atoms with Gasteiger partial charge in [-0.2, -0.15) is 0 Å². The van der Waals surface area contributed by atoms with Gasteiger partial charge in [0.25, 0.3) is 5.91 Å². The molecule has 0 aliphatic carbocycles. The molecule has 0 saturated heterocycles. The number of nitrogens with zero attached hydrogens (tertiary/aromatic N) is 2. The molecule has 19 heavy (non-hydrogen) atoms. The number of rotatable bonds is 4. The molecule has 6 heteroatoms. The summed E-state index contributed by atoms with van der Waals surface area (Å²) in [4.78, 5) is 11.9. The third-order valence-corrected chi connectivity index (χ3v) is 3.92. The van der Waals surface area contributed by atoms with Crippen molar-refractivity contribution in [2.75, 3.05) is 0 Å². The van der Waals surface area contributed by atoms with E-state index in [-0.39, 0.29) is 11.9 Å². The standard InChI is InChI=1S/C13H14BrN3OS/c1-8(7-10-3-5-11(14)6-4-10)15-12(18)13-17-16-9(2)19-13/h3-6,8H,7H2,1-2H3,(H,15,18)/t8-/m1/s1. The molecule has 0 aliphatic rings. The fourth-order valence-corrected chi connectivity index (χ4v) is 2.56. The Labute approximate surface area is 124 Å². The molecule has 0 unspecified atom stereocenters. The molecule has 4 nitrogen and oxygen atoms in total. The highest BCUT2D eigenvalue weighted by molar-refractivity contribution is 9.10. The number of hydrogen-bond acceptors (Lipinski definition) is 4. The van der Waals surface area contributed by atoms with Gasteiger partial charge in [0.05, 0.1) is 0 Å². The first-order valence-corrected chi connectivity index (χ1v) is 7.51. The molecule has 0 radical (unpaired) electrons. The Bertz CT molecular complexity index is 568. The van der Waals surface area contributed by atoms with Crippen LogP contribution in [0.25, 0.3) is 0 Å². The van der Waals surface area contributed by atoms with Crippen molar-refractivity contribution in [1.29, 1.82) is 0 Å². The van der Waals surface area contributed by atoms with Gasteiger partial charge in [-0.1, -0.05) is 39.4 Å². The molecule has 0 bridgehead atoms. The Morgan fingerprint density at radius 3 is 2.63 bits per heavy atom. The van der Waals surface area contributed by atoms with Crippen molar-refractivity contribution in [3.05, 3.63) is 44.3 Å². The number of nitrogens with one attached hydrogen (secondary N) is 1. The van der Waals surface area contributed by atoms with Crippen molar-refractivity contribution in [3.8, 4) is 0 Å². The summed E-state index contributed by atoms with van der Waals surface area (Å²) in [5.41, 5.74) is 1.18. The number of hydrogen-bond donors (Lipinski definition) is 1. The van der Waals surface area contributed by atoms with Gasteiger partial charge in [-0.3, -0.25) is 4.79 Å². The summed E-state index contributed by atoms with van der Waals surface area (Å²) in [5, 5.41) is 11.8. The highest BCUT2D eigenvalue weighted by atomic mass is 79.9. The fraction of sp³-hybridized carbons (Fsp3) is 0.308. The number of carbonyl (C=O) groups is 1. The molecule has 1 amide bonds. The SMILES string of the molecule is Cc1nnc(C(=O)N[C@H](C)Cc2ccc(Br)cc2)s1. The number of aryl methyl sites for hydroxylation is 1. The van der Waals surface area contributed by atoms with Gasteiger partial charge >= 0.3 is 0 Å². The Kier molecular flexibility index (Phi) is 4.66. The fourth-order valence-electron chi connectivity index (χ4n) is 1.70. The van der Waals surface area contributed by atoms with Gasteiger partial charge in [0, 0.05) is 10.5 Å². The molecule has 1 atom stereocenters. The zero-order valence-electron chi connectivity index (χ0n) is 10.7. The van der Waals surface area contributed by atoms with Gasteiger partial charge in [-0.15, -0.1) is 10.2 Å². The van der Waals surface area contributed by atoms with Crippen molar-refractivity contribution in [1.82, 2.24) is 15.5 Å². The summed E-state index contributed by atoms with van der Waals surface area (Å²) in [6.45, 7) is 3.81. The van der Waals surface area contributed by atoms with Crippen LogP contribution < -0.4 is 5.32 Å². The second-order valence-corrected chi connectivity index (χ2v) is 6.43. The maximum atomic E-state index is 11.9. The summed E-state index contributed by atoms with van der Waals surface area (Å²) >= 11 is 4.71. The molecule has 1 heterocycles. The lowest BCUT2D eigenvalue weighted by molar-refractivity contribution is 0.0939. The normalized spacial score (nSPS) is 12.2. The summed E-state index contributed by atoms with van der Waals surface area (Å²) in [5.74, 6) is -0.157. The smallest absolute Gasteiger partial charge is 0.282 e. The molecule has 1 N–H and O–H groups in total. The predicted molar refractivity (Wildman–Crippen MR) is 79.4 cm³/mol. The van der Waals surface area contributed by atoms with E-state index in [1.165, 1.54) is 16.9 Å². The van der Waals surface area contributed by atoms with Crippen LogP contribution in [-0.2, 0) is 6.42 Å². The van der Waals surface area contributed by atoms with Crippen LogP contribution in [0, 0.1) is 6.92 Å². The lowest BCUT2D eigenvalue weighted by Gasteiger charge is -2.12. The van der Waals surface area contributed by atoms with E-state index in [9.17, 15) is 4.79 Å². The van der Waals surface area contributed by atoms with E-state index in [1.807, 2.05) is 38.1 Å². The average Bonchev–Trinajstić information content (AvgIpc) is 2.79. The quantitative estimate of drug-likeness (QED) is 0.931. The van der Waals surface area contributed by atoms with Crippen LogP contribution in [0.5, 0.6) is 0 Å². The lowest BCUT2D eigenvalue weighted by Crippen LogP contribution is -2.34. The Morgan fingerprint density at radius 1 is 1.37 bits per heavy atom. The van der Waals surface area contributed by atoms with Gasteiger partial charge in [-0.25, -0.2) is 0 Å². The molecule has 0 fully saturated rings. The first kappa shape index (κ1) is 14.1. The van der Waals surface area contributed by atoms with Gasteiger partial charge < -0.3 is 5.32 Å². The molecule has 1 aromatic carbocycles. The predicted octanol–water partition coefficient (Wildman–Crippen LogP) is 2.97. The second kappa shape index (κ2) is 6.25. The van der Waals surface area contributed by atoms with Crippen LogP contribution in [0.15, 0.2) is 28.7 Å². The molecule has 2 rings (SSSR count). The number of amides is 1. The summed E-state index contributed by atoms with van der Waals surface area (Å²) < 4.78 is 1.05. The van der Waals surface area contributed by atoms with Gasteiger partial charge in [0.2, 0.25) is 5.01 Å². The first-order chi connectivity index (χ1) is 9.04. The van der Waals surface area contributed by atoms with Gasteiger partial charge in [0.15, 0.2) is 0 Å². The Morgan fingerprint density at radius 2 is 2.05 bits per heavy atom. The van der Waals surface area contributed by atoms with E-state index in [2.05, 4.69) is 31.4 Å². The van der Waals surface area contributed by atoms with E-state index in [0.717, 1.165) is 15.9 Å². The second-order valence-electron chi connectivity index (χ2n) is 4.33. The third-order valence-electron chi connectivity index (χ3n) is 2.55. The zero-order valence-corrected chi connectivity index (χ0v) is 13.1. The van der Waals surface area contributed by atoms with Crippen molar-refractivity contribution in [3.63, 3.8) is 0 Å². The molecule has 0 aliphatic heterocycles. The Hall–Kier alpha value is -1.27. The first-order valence-electron chi connectivity index (χ1n) is 5.90. The average molecular weight is 340 g/mol. The maximum absolute atomic E-state index is 11.9. The van der Waals surface area contributed by atoms with Crippen molar-refractivity contribution in [2.45, 2.75) is 26.3 Å². The number of carbonyl (C=O) groups excluding carboxylic acids is 1. The van der Waals surface area contributed by atoms with Gasteiger partial charge in [-0.05, 0) is 38.0 Å². The van der Waals surface area contributed by atoms with E-state index in [1.54, 1.807) is 0 Å². The maximum Gasteiger partial charge on any atom is 0.282 e. The number of aromatic nitrogens is 2. The van der Waals surface area contributed by atoms with E-state index >= 15 is 0 Å². The highest BCUT2D eigenvalue weighted by Gasteiger charge is 2.14. The van der Waals surface area contributed by atoms with Crippen LogP contribution >= 0.6 is 27.3 Å². The topological polar surface area (TPSA) is 54.9 Å². The monoisotopic (exact) mass is 339 g/mol. The van der Waals surface area contributed by atoms with Crippen LogP contribution in [0.4, 0.5) is 0 Å². The Balaban J connectivity index is 1.92. The lowest BCUT2D eigenvalue weighted by atomic mass is 10.1. The molecular weight excluding hydrogens is 326 g/mol. The van der Waals surface area contributed by atoms with Crippen LogP contribution in [0.2, 0.25) is 0 Å². The van der Waals surface area contributed by atoms with E-state index in [0.29, 0.717) is 5.01 Å². The van der Waals surface area contributed by atoms with Crippen LogP contribution in [-0.4, -0.2) is 22.1 Å². The molecule has 0 spiro atoms. The molecule has 2 aromatic rings. The minimum absolute atomic E-state index is 0.0536. The summed E-state index contributed by atoms with van der Waals surface area (Å²) in [7, 11) is 0. The molecule has 100 valence electrons. The largest absolute Gasteiger partial charge is 0.347 e. The van der Waals surface area contributed by atoms with E-state index in [4.69, 9.17) is 0 Å². The van der Waals surface area contributed by atoms with E-state index < -0.39 is 0 Å². The van der Waals surface area contributed by atoms with Gasteiger partial charge in [0.1, 0.15) is 5.01 Å².